The van der Waals surface area contributed by atoms with E-state index < -0.39 is 11.6 Å². The first-order valence-corrected chi connectivity index (χ1v) is 10.6. The zero-order valence-electron chi connectivity index (χ0n) is 18.1. The summed E-state index contributed by atoms with van der Waals surface area (Å²) in [4.78, 5) is 23.7. The fourth-order valence-electron chi connectivity index (χ4n) is 4.46. The Kier molecular flexibility index (Phi) is 5.33. The summed E-state index contributed by atoms with van der Waals surface area (Å²) in [5, 5.41) is 11.0. The van der Waals surface area contributed by atoms with Gasteiger partial charge in [0.1, 0.15) is 17.3 Å². The zero-order chi connectivity index (χ0) is 23.1. The van der Waals surface area contributed by atoms with Gasteiger partial charge >= 0.3 is 0 Å². The minimum absolute atomic E-state index is 0.291. The van der Waals surface area contributed by atoms with Crippen LogP contribution < -0.4 is 5.32 Å². The van der Waals surface area contributed by atoms with Crippen LogP contribution in [-0.4, -0.2) is 57.2 Å². The summed E-state index contributed by atoms with van der Waals surface area (Å²) in [6.45, 7) is 3.00. The van der Waals surface area contributed by atoms with E-state index in [9.17, 15) is 13.6 Å². The summed E-state index contributed by atoms with van der Waals surface area (Å²) in [5.41, 5.74) is 3.76. The highest BCUT2D eigenvalue weighted by Gasteiger charge is 2.35. The number of benzene rings is 1. The number of hydrogen-bond acceptors (Lipinski definition) is 5. The third-order valence-corrected chi connectivity index (χ3v) is 6.03. The Morgan fingerprint density at radius 3 is 2.79 bits per heavy atom. The number of H-pyrrole nitrogens is 1. The van der Waals surface area contributed by atoms with Gasteiger partial charge in [0.25, 0.3) is 5.91 Å². The molecule has 1 aliphatic rings. The van der Waals surface area contributed by atoms with Crippen molar-refractivity contribution in [3.63, 3.8) is 0 Å². The van der Waals surface area contributed by atoms with Crippen LogP contribution in [0.1, 0.15) is 27.5 Å². The molecule has 4 aromatic rings. The van der Waals surface area contributed by atoms with Crippen molar-refractivity contribution in [2.75, 3.05) is 20.1 Å². The molecule has 4 heterocycles. The van der Waals surface area contributed by atoms with Gasteiger partial charge in [0.05, 0.1) is 5.56 Å². The van der Waals surface area contributed by atoms with E-state index in [1.54, 1.807) is 12.3 Å². The number of fused-ring (bicyclic) bond motifs is 1. The number of halogens is 2. The van der Waals surface area contributed by atoms with E-state index in [2.05, 4.69) is 25.5 Å². The molecule has 33 heavy (non-hydrogen) atoms. The van der Waals surface area contributed by atoms with E-state index >= 15 is 0 Å². The summed E-state index contributed by atoms with van der Waals surface area (Å²) in [6.07, 6.45) is 3.20. The average molecular weight is 448 g/mol. The lowest BCUT2D eigenvalue weighted by molar-refractivity contribution is 0.0935. The van der Waals surface area contributed by atoms with Crippen LogP contribution in [0.2, 0.25) is 0 Å². The molecule has 2 unspecified atom stereocenters. The maximum atomic E-state index is 14.4. The van der Waals surface area contributed by atoms with Gasteiger partial charge in [-0.1, -0.05) is 6.07 Å². The highest BCUT2D eigenvalue weighted by molar-refractivity contribution is 6.00. The normalized spacial score (nSPS) is 18.7. The molecule has 1 aromatic carbocycles. The van der Waals surface area contributed by atoms with Crippen molar-refractivity contribution in [2.45, 2.75) is 18.9 Å². The maximum absolute atomic E-state index is 14.4. The zero-order valence-corrected chi connectivity index (χ0v) is 18.1. The molecular weight excluding hydrogens is 426 g/mol. The number of amides is 1. The van der Waals surface area contributed by atoms with E-state index in [4.69, 9.17) is 0 Å². The molecule has 0 bridgehead atoms. The van der Waals surface area contributed by atoms with Crippen molar-refractivity contribution in [3.8, 4) is 11.3 Å². The molecule has 0 spiro atoms. The summed E-state index contributed by atoms with van der Waals surface area (Å²) < 4.78 is 27.8. The van der Waals surface area contributed by atoms with E-state index in [1.165, 1.54) is 18.3 Å². The van der Waals surface area contributed by atoms with Crippen LogP contribution in [0.4, 0.5) is 8.78 Å². The Balaban J connectivity index is 1.43. The first-order chi connectivity index (χ1) is 15.9. The molecule has 5 rings (SSSR count). The molecule has 9 heteroatoms. The first-order valence-electron chi connectivity index (χ1n) is 10.6. The Morgan fingerprint density at radius 1 is 1.15 bits per heavy atom. The number of likely N-dealkylation sites (N-methyl/N-ethyl adjacent to an activating group) is 1. The van der Waals surface area contributed by atoms with Gasteiger partial charge in [0.15, 0.2) is 5.65 Å². The van der Waals surface area contributed by atoms with Crippen LogP contribution in [-0.2, 0) is 0 Å². The van der Waals surface area contributed by atoms with Gasteiger partial charge in [0.2, 0.25) is 0 Å². The lowest BCUT2D eigenvalue weighted by atomic mass is 9.93. The minimum atomic E-state index is -0.622. The number of aromatic amines is 1. The van der Waals surface area contributed by atoms with E-state index in [-0.39, 0.29) is 17.9 Å². The number of aryl methyl sites for hydroxylation is 1. The van der Waals surface area contributed by atoms with Gasteiger partial charge < -0.3 is 10.2 Å². The summed E-state index contributed by atoms with van der Waals surface area (Å²) in [6, 6.07) is 8.77. The average Bonchev–Trinajstić information content (AvgIpc) is 3.36. The number of aromatic nitrogens is 4. The van der Waals surface area contributed by atoms with Crippen LogP contribution >= 0.6 is 0 Å². The number of nitrogens with one attached hydrogen (secondary N) is 2. The number of carbonyl (C=O) groups excluding carboxylic acids is 1. The predicted octanol–water partition coefficient (Wildman–Crippen LogP) is 3.43. The van der Waals surface area contributed by atoms with Crippen molar-refractivity contribution >= 4 is 16.9 Å². The maximum Gasteiger partial charge on any atom is 0.253 e. The van der Waals surface area contributed by atoms with E-state index in [0.717, 1.165) is 22.7 Å². The van der Waals surface area contributed by atoms with Crippen LogP contribution in [0.5, 0.6) is 0 Å². The number of likely N-dealkylation sites (tertiary alicyclic amines) is 1. The van der Waals surface area contributed by atoms with Crippen LogP contribution in [0.25, 0.3) is 22.3 Å². The second kappa shape index (κ2) is 8.32. The standard InChI is InChI=1S/C24H22F2N6O/c1-13-7-14(5-6-27-13)22-18-8-15(10-28-23(18)31-30-22)24(33)29-21-12-32(2)11-19(21)17-4-3-16(25)9-20(17)26/h3-10,19,21H,11-12H2,1-2H3,(H,29,33)(H,28,30,31). The molecule has 1 saturated heterocycles. The highest BCUT2D eigenvalue weighted by Crippen LogP contribution is 2.30. The van der Waals surface area contributed by atoms with Crippen molar-refractivity contribution in [1.29, 1.82) is 0 Å². The van der Waals surface area contributed by atoms with Crippen LogP contribution in [0.15, 0.2) is 48.8 Å². The molecule has 2 N–H and O–H groups in total. The Hall–Kier alpha value is -3.72. The molecule has 2 atom stereocenters. The molecule has 0 saturated carbocycles. The Labute approximate surface area is 188 Å². The molecule has 0 radical (unpaired) electrons. The predicted molar refractivity (Wildman–Crippen MR) is 120 cm³/mol. The number of pyridine rings is 2. The van der Waals surface area contributed by atoms with Gasteiger partial charge in [-0.05, 0) is 43.8 Å². The molecule has 1 fully saturated rings. The van der Waals surface area contributed by atoms with Gasteiger partial charge in [-0.25, -0.2) is 13.8 Å². The quantitative estimate of drug-likeness (QED) is 0.500. The Morgan fingerprint density at radius 2 is 2.00 bits per heavy atom. The van der Waals surface area contributed by atoms with Gasteiger partial charge in [-0.3, -0.25) is 14.9 Å². The van der Waals surface area contributed by atoms with Crippen molar-refractivity contribution < 1.29 is 13.6 Å². The van der Waals surface area contributed by atoms with Crippen LogP contribution in [0.3, 0.4) is 0 Å². The lowest BCUT2D eigenvalue weighted by Crippen LogP contribution is -2.39. The molecule has 3 aromatic heterocycles. The molecule has 1 amide bonds. The largest absolute Gasteiger partial charge is 0.347 e. The molecular formula is C24H22F2N6O. The smallest absolute Gasteiger partial charge is 0.253 e. The van der Waals surface area contributed by atoms with E-state index in [0.29, 0.717) is 35.6 Å². The fraction of sp³-hybridized carbons (Fsp3) is 0.250. The third-order valence-electron chi connectivity index (χ3n) is 6.03. The summed E-state index contributed by atoms with van der Waals surface area (Å²) >= 11 is 0. The first kappa shape index (κ1) is 21.1. The van der Waals surface area contributed by atoms with Crippen molar-refractivity contribution in [3.05, 3.63) is 77.2 Å². The monoisotopic (exact) mass is 448 g/mol. The fourth-order valence-corrected chi connectivity index (χ4v) is 4.46. The number of hydrogen-bond donors (Lipinski definition) is 2. The van der Waals surface area contributed by atoms with Crippen molar-refractivity contribution in [2.24, 2.45) is 0 Å². The van der Waals surface area contributed by atoms with Gasteiger partial charge in [-0.2, -0.15) is 5.10 Å². The number of carbonyl (C=O) groups is 1. The highest BCUT2D eigenvalue weighted by atomic mass is 19.1. The van der Waals surface area contributed by atoms with Crippen molar-refractivity contribution in [1.82, 2.24) is 30.4 Å². The summed E-state index contributed by atoms with van der Waals surface area (Å²) in [7, 11) is 1.91. The second-order valence-corrected chi connectivity index (χ2v) is 8.45. The van der Waals surface area contributed by atoms with E-state index in [1.807, 2.05) is 31.0 Å². The summed E-state index contributed by atoms with van der Waals surface area (Å²) in [5.74, 6) is -1.83. The number of rotatable bonds is 4. The molecule has 0 aliphatic carbocycles. The number of nitrogens with zero attached hydrogens (tertiary/aromatic N) is 4. The van der Waals surface area contributed by atoms with Crippen LogP contribution in [0, 0.1) is 18.6 Å². The van der Waals surface area contributed by atoms with Gasteiger partial charge in [-0.15, -0.1) is 0 Å². The minimum Gasteiger partial charge on any atom is -0.347 e. The Bertz CT molecular complexity index is 1350. The molecule has 168 valence electrons. The molecule has 1 aliphatic heterocycles. The SMILES string of the molecule is Cc1cc(-c2n[nH]c3ncc(C(=O)NC4CN(C)CC4c4ccc(F)cc4F)cc23)ccn1. The second-order valence-electron chi connectivity index (χ2n) is 8.45. The molecule has 7 nitrogen and oxygen atoms in total. The topological polar surface area (TPSA) is 86.8 Å². The lowest BCUT2D eigenvalue weighted by Gasteiger charge is -2.21. The third kappa shape index (κ3) is 4.07. The van der Waals surface area contributed by atoms with Gasteiger partial charge in [0, 0.05) is 60.2 Å².